The Kier molecular flexibility index (Phi) is 5.42. The van der Waals surface area contributed by atoms with Crippen LogP contribution in [0.3, 0.4) is 0 Å². The molecule has 0 amide bonds. The van der Waals surface area contributed by atoms with Crippen LogP contribution in [0.15, 0.2) is 32.9 Å². The van der Waals surface area contributed by atoms with Crippen molar-refractivity contribution in [1.82, 2.24) is 24.1 Å². The Balaban J connectivity index is 2.00. The van der Waals surface area contributed by atoms with Gasteiger partial charge in [0.1, 0.15) is 11.3 Å². The number of hydrogen-bond donors (Lipinski definition) is 0. The predicted octanol–water partition coefficient (Wildman–Crippen LogP) is 2.84. The molecular weight excluding hydrogens is 378 g/mol. The van der Waals surface area contributed by atoms with Crippen molar-refractivity contribution in [3.8, 4) is 0 Å². The topological polar surface area (TPSA) is 81.0 Å². The number of hydrogen-bond acceptors (Lipinski definition) is 7. The van der Waals surface area contributed by atoms with Gasteiger partial charge < -0.3 is 4.57 Å². The van der Waals surface area contributed by atoms with Crippen molar-refractivity contribution >= 4 is 44.2 Å². The Morgan fingerprint density at radius 3 is 2.76 bits per heavy atom. The van der Waals surface area contributed by atoms with Gasteiger partial charge in [-0.3, -0.25) is 0 Å². The molecule has 7 nitrogen and oxygen atoms in total. The Morgan fingerprint density at radius 1 is 1.32 bits per heavy atom. The maximum atomic E-state index is 12.3. The lowest BCUT2D eigenvalue weighted by Crippen LogP contribution is -2.22. The highest BCUT2D eigenvalue weighted by Gasteiger charge is 2.19. The molecule has 10 heteroatoms. The van der Waals surface area contributed by atoms with E-state index in [-0.39, 0.29) is 4.90 Å². The number of rotatable bonds is 7. The number of benzene rings is 1. The Hall–Kier alpha value is -1.49. The van der Waals surface area contributed by atoms with Crippen LogP contribution in [0.4, 0.5) is 0 Å². The van der Waals surface area contributed by atoms with E-state index in [2.05, 4.69) is 26.7 Å². The number of aryl methyl sites for hydroxylation is 1. The Bertz CT molecular complexity index is 965. The molecular formula is C15H19N5O2S3. The summed E-state index contributed by atoms with van der Waals surface area (Å²) >= 11 is 3.08. The Labute approximate surface area is 155 Å². The lowest BCUT2D eigenvalue weighted by Gasteiger charge is -2.11. The molecule has 0 spiro atoms. The number of fused-ring (bicyclic) bond motifs is 1. The number of nitrogens with zero attached hydrogens (tertiary/aromatic N) is 5. The normalized spacial score (nSPS) is 12.3. The molecule has 0 aliphatic rings. The van der Waals surface area contributed by atoms with Gasteiger partial charge >= 0.3 is 0 Å². The molecule has 0 atom stereocenters. The van der Waals surface area contributed by atoms with Crippen LogP contribution in [-0.2, 0) is 22.3 Å². The molecule has 0 bridgehead atoms. The molecule has 0 fully saturated rings. The summed E-state index contributed by atoms with van der Waals surface area (Å²) in [6, 6.07) is 5.14. The summed E-state index contributed by atoms with van der Waals surface area (Å²) in [6.07, 6.45) is 0.972. The van der Waals surface area contributed by atoms with Gasteiger partial charge in [-0.25, -0.2) is 17.7 Å². The van der Waals surface area contributed by atoms with E-state index in [1.165, 1.54) is 29.7 Å². The van der Waals surface area contributed by atoms with Crippen molar-refractivity contribution in [3.63, 3.8) is 0 Å². The molecule has 3 aromatic rings. The van der Waals surface area contributed by atoms with Gasteiger partial charge in [-0.15, -0.1) is 10.2 Å². The summed E-state index contributed by atoms with van der Waals surface area (Å²) < 4.78 is 28.9. The second-order valence-corrected chi connectivity index (χ2v) is 9.82. The summed E-state index contributed by atoms with van der Waals surface area (Å²) in [7, 11) is -0.415. The van der Waals surface area contributed by atoms with Crippen LogP contribution >= 0.6 is 23.1 Å². The van der Waals surface area contributed by atoms with Gasteiger partial charge in [-0.05, 0) is 24.6 Å². The zero-order chi connectivity index (χ0) is 18.0. The van der Waals surface area contributed by atoms with E-state index in [4.69, 9.17) is 0 Å². The third kappa shape index (κ3) is 3.71. The SMILES string of the molecule is CCCn1c(CSc2nncs2)nc2cc(S(=O)(=O)N(C)C)ccc21. The quantitative estimate of drug-likeness (QED) is 0.570. The van der Waals surface area contributed by atoms with E-state index in [0.717, 1.165) is 28.6 Å². The summed E-state index contributed by atoms with van der Waals surface area (Å²) in [5, 5.41) is 7.88. The molecule has 0 saturated heterocycles. The molecule has 2 heterocycles. The minimum absolute atomic E-state index is 0.259. The van der Waals surface area contributed by atoms with E-state index in [1.807, 2.05) is 6.07 Å². The number of aromatic nitrogens is 4. The molecule has 3 rings (SSSR count). The second-order valence-electron chi connectivity index (χ2n) is 5.61. The average molecular weight is 398 g/mol. The van der Waals surface area contributed by atoms with Crippen LogP contribution in [0.5, 0.6) is 0 Å². The highest BCUT2D eigenvalue weighted by molar-refractivity contribution is 8.00. The fraction of sp³-hybridized carbons (Fsp3) is 0.400. The summed E-state index contributed by atoms with van der Waals surface area (Å²) in [6.45, 7) is 2.95. The summed E-state index contributed by atoms with van der Waals surface area (Å²) in [4.78, 5) is 4.94. The molecule has 134 valence electrons. The lowest BCUT2D eigenvalue weighted by molar-refractivity contribution is 0.521. The molecule has 1 aromatic carbocycles. The van der Waals surface area contributed by atoms with Crippen LogP contribution in [0.2, 0.25) is 0 Å². The third-order valence-corrected chi connectivity index (χ3v) is 7.36. The van der Waals surface area contributed by atoms with Crippen molar-refractivity contribution in [1.29, 1.82) is 0 Å². The fourth-order valence-electron chi connectivity index (χ4n) is 2.47. The first-order valence-corrected chi connectivity index (χ1v) is 11.0. The van der Waals surface area contributed by atoms with Crippen molar-refractivity contribution in [2.45, 2.75) is 34.9 Å². The molecule has 0 aliphatic carbocycles. The van der Waals surface area contributed by atoms with E-state index in [0.29, 0.717) is 11.3 Å². The number of sulfonamides is 1. The molecule has 2 aromatic heterocycles. The van der Waals surface area contributed by atoms with E-state index >= 15 is 0 Å². The van der Waals surface area contributed by atoms with Gasteiger partial charge in [0.25, 0.3) is 0 Å². The lowest BCUT2D eigenvalue weighted by atomic mass is 10.3. The first kappa shape index (κ1) is 18.3. The first-order valence-electron chi connectivity index (χ1n) is 7.74. The van der Waals surface area contributed by atoms with Crippen LogP contribution in [0, 0.1) is 0 Å². The molecule has 0 radical (unpaired) electrons. The van der Waals surface area contributed by atoms with Crippen molar-refractivity contribution in [2.24, 2.45) is 0 Å². The largest absolute Gasteiger partial charge is 0.327 e. The van der Waals surface area contributed by atoms with Crippen molar-refractivity contribution in [3.05, 3.63) is 29.5 Å². The maximum absolute atomic E-state index is 12.3. The monoisotopic (exact) mass is 397 g/mol. The summed E-state index contributed by atoms with van der Waals surface area (Å²) in [5.41, 5.74) is 3.35. The van der Waals surface area contributed by atoms with Crippen LogP contribution in [0.1, 0.15) is 19.2 Å². The van der Waals surface area contributed by atoms with Crippen LogP contribution < -0.4 is 0 Å². The van der Waals surface area contributed by atoms with Crippen LogP contribution in [-0.4, -0.2) is 46.6 Å². The third-order valence-electron chi connectivity index (χ3n) is 3.69. The standard InChI is InChI=1S/C15H19N5O2S3/c1-4-7-20-13-6-5-11(25(21,22)19(2)3)8-12(13)17-14(20)9-23-15-18-16-10-24-15/h5-6,8,10H,4,7,9H2,1-3H3. The van der Waals surface area contributed by atoms with E-state index in [1.54, 1.807) is 29.4 Å². The molecule has 0 unspecified atom stereocenters. The van der Waals surface area contributed by atoms with Gasteiger partial charge in [0, 0.05) is 20.6 Å². The maximum Gasteiger partial charge on any atom is 0.242 e. The zero-order valence-electron chi connectivity index (χ0n) is 14.2. The Morgan fingerprint density at radius 2 is 2.12 bits per heavy atom. The fourth-order valence-corrected chi connectivity index (χ4v) is 4.82. The van der Waals surface area contributed by atoms with Crippen molar-refractivity contribution in [2.75, 3.05) is 14.1 Å². The molecule has 0 aliphatic heterocycles. The molecule has 25 heavy (non-hydrogen) atoms. The predicted molar refractivity (Wildman–Crippen MR) is 100 cm³/mol. The van der Waals surface area contributed by atoms with Gasteiger partial charge in [0.15, 0.2) is 4.34 Å². The van der Waals surface area contributed by atoms with Gasteiger partial charge in [0.05, 0.1) is 21.7 Å². The van der Waals surface area contributed by atoms with Gasteiger partial charge in [0.2, 0.25) is 10.0 Å². The second kappa shape index (κ2) is 7.40. The average Bonchev–Trinajstić information content (AvgIpc) is 3.20. The highest BCUT2D eigenvalue weighted by atomic mass is 32.2. The highest BCUT2D eigenvalue weighted by Crippen LogP contribution is 2.27. The minimum Gasteiger partial charge on any atom is -0.327 e. The number of imidazole rings is 1. The van der Waals surface area contributed by atoms with Crippen LogP contribution in [0.25, 0.3) is 11.0 Å². The van der Waals surface area contributed by atoms with E-state index in [9.17, 15) is 8.42 Å². The molecule has 0 saturated carbocycles. The minimum atomic E-state index is -3.47. The first-order chi connectivity index (χ1) is 11.9. The van der Waals surface area contributed by atoms with Crippen molar-refractivity contribution < 1.29 is 8.42 Å². The summed E-state index contributed by atoms with van der Waals surface area (Å²) in [5.74, 6) is 1.58. The van der Waals surface area contributed by atoms with E-state index < -0.39 is 10.0 Å². The smallest absolute Gasteiger partial charge is 0.242 e. The van der Waals surface area contributed by atoms with Gasteiger partial charge in [-0.2, -0.15) is 0 Å². The van der Waals surface area contributed by atoms with Gasteiger partial charge in [-0.1, -0.05) is 30.0 Å². The number of thioether (sulfide) groups is 1. The molecule has 0 N–H and O–H groups in total. The zero-order valence-corrected chi connectivity index (χ0v) is 16.7.